The van der Waals surface area contributed by atoms with Crippen molar-refractivity contribution in [3.8, 4) is 0 Å². The van der Waals surface area contributed by atoms with Crippen molar-refractivity contribution in [2.45, 2.75) is 0 Å². The molecule has 0 aromatic heterocycles. The van der Waals surface area contributed by atoms with Crippen LogP contribution < -0.4 is 10.6 Å². The highest BCUT2D eigenvalue weighted by atomic mass is 32.2. The average molecular weight is 255 g/mol. The number of nitrogen functional groups attached to an aromatic ring is 1. The first-order chi connectivity index (χ1) is 7.97. The monoisotopic (exact) mass is 255 g/mol. The van der Waals surface area contributed by atoms with Crippen LogP contribution in [0.3, 0.4) is 0 Å². The standard InChI is InChI=1S/C11H17N3O2S/c1-17(15,16)14-7-5-13(6-8-14)11-4-2-3-10(12)9-11/h2-4,9H,5-8,12H2,1H3. The molecule has 0 atom stereocenters. The molecule has 0 saturated carbocycles. The van der Waals surface area contributed by atoms with Crippen LogP contribution in [0.25, 0.3) is 0 Å². The first-order valence-corrected chi connectivity index (χ1v) is 7.37. The smallest absolute Gasteiger partial charge is 0.211 e. The predicted molar refractivity (Wildman–Crippen MR) is 69.5 cm³/mol. The van der Waals surface area contributed by atoms with Crippen molar-refractivity contribution in [2.24, 2.45) is 0 Å². The van der Waals surface area contributed by atoms with Crippen molar-refractivity contribution in [3.05, 3.63) is 24.3 Å². The fourth-order valence-electron chi connectivity index (χ4n) is 2.00. The van der Waals surface area contributed by atoms with Gasteiger partial charge in [0.15, 0.2) is 0 Å². The third kappa shape index (κ3) is 2.89. The minimum atomic E-state index is -3.06. The van der Waals surface area contributed by atoms with Gasteiger partial charge >= 0.3 is 0 Å². The van der Waals surface area contributed by atoms with E-state index in [2.05, 4.69) is 4.90 Å². The lowest BCUT2D eigenvalue weighted by atomic mass is 10.2. The minimum absolute atomic E-state index is 0.535. The summed E-state index contributed by atoms with van der Waals surface area (Å²) in [6.07, 6.45) is 1.25. The highest BCUT2D eigenvalue weighted by Gasteiger charge is 2.23. The zero-order valence-electron chi connectivity index (χ0n) is 9.83. The number of sulfonamides is 1. The van der Waals surface area contributed by atoms with E-state index in [-0.39, 0.29) is 0 Å². The van der Waals surface area contributed by atoms with E-state index in [1.165, 1.54) is 10.6 Å². The molecule has 0 bridgehead atoms. The summed E-state index contributed by atoms with van der Waals surface area (Å²) >= 11 is 0. The fraction of sp³-hybridized carbons (Fsp3) is 0.455. The zero-order chi connectivity index (χ0) is 12.5. The molecule has 1 aliphatic rings. The van der Waals surface area contributed by atoms with Crippen LogP contribution in [-0.4, -0.2) is 45.2 Å². The SMILES string of the molecule is CS(=O)(=O)N1CCN(c2cccc(N)c2)CC1. The van der Waals surface area contributed by atoms with Crippen molar-refractivity contribution >= 4 is 21.4 Å². The largest absolute Gasteiger partial charge is 0.399 e. The number of hydrogen-bond donors (Lipinski definition) is 1. The van der Waals surface area contributed by atoms with E-state index in [0.29, 0.717) is 26.2 Å². The Morgan fingerprint density at radius 1 is 1.18 bits per heavy atom. The van der Waals surface area contributed by atoms with Crippen molar-refractivity contribution in [1.82, 2.24) is 4.31 Å². The Bertz CT molecular complexity index is 493. The third-order valence-electron chi connectivity index (χ3n) is 2.94. The Morgan fingerprint density at radius 3 is 2.35 bits per heavy atom. The Balaban J connectivity index is 2.05. The highest BCUT2D eigenvalue weighted by Crippen LogP contribution is 2.19. The van der Waals surface area contributed by atoms with Crippen LogP contribution in [-0.2, 0) is 10.0 Å². The zero-order valence-corrected chi connectivity index (χ0v) is 10.7. The summed E-state index contributed by atoms with van der Waals surface area (Å²) in [4.78, 5) is 2.15. The molecular formula is C11H17N3O2S. The van der Waals surface area contributed by atoms with Crippen molar-refractivity contribution in [2.75, 3.05) is 43.1 Å². The maximum Gasteiger partial charge on any atom is 0.211 e. The molecule has 1 fully saturated rings. The summed E-state index contributed by atoms with van der Waals surface area (Å²) in [5.74, 6) is 0. The number of hydrogen-bond acceptors (Lipinski definition) is 4. The van der Waals surface area contributed by atoms with Gasteiger partial charge in [-0.15, -0.1) is 0 Å². The molecule has 94 valence electrons. The molecule has 1 aromatic carbocycles. The highest BCUT2D eigenvalue weighted by molar-refractivity contribution is 7.88. The topological polar surface area (TPSA) is 66.6 Å². The van der Waals surface area contributed by atoms with Gasteiger partial charge in [-0.05, 0) is 18.2 Å². The molecule has 1 aromatic rings. The summed E-state index contributed by atoms with van der Waals surface area (Å²) in [7, 11) is -3.06. The van der Waals surface area contributed by atoms with Crippen LogP contribution in [0.1, 0.15) is 0 Å². The van der Waals surface area contributed by atoms with Gasteiger partial charge in [0.25, 0.3) is 0 Å². The van der Waals surface area contributed by atoms with Crippen molar-refractivity contribution < 1.29 is 8.42 Å². The molecule has 2 N–H and O–H groups in total. The molecule has 1 aliphatic heterocycles. The van der Waals surface area contributed by atoms with Crippen molar-refractivity contribution in [3.63, 3.8) is 0 Å². The second-order valence-electron chi connectivity index (χ2n) is 4.24. The Labute approximate surface area is 102 Å². The van der Waals surface area contributed by atoms with E-state index >= 15 is 0 Å². The molecule has 0 amide bonds. The van der Waals surface area contributed by atoms with E-state index in [9.17, 15) is 8.42 Å². The molecule has 5 nitrogen and oxygen atoms in total. The maximum absolute atomic E-state index is 11.4. The van der Waals surface area contributed by atoms with Crippen LogP contribution in [0.15, 0.2) is 24.3 Å². The normalized spacial score (nSPS) is 18.3. The lowest BCUT2D eigenvalue weighted by molar-refractivity contribution is 0.388. The van der Waals surface area contributed by atoms with E-state index < -0.39 is 10.0 Å². The van der Waals surface area contributed by atoms with Crippen LogP contribution >= 0.6 is 0 Å². The Hall–Kier alpha value is -1.27. The van der Waals surface area contributed by atoms with Crippen LogP contribution in [0.4, 0.5) is 11.4 Å². The molecule has 1 saturated heterocycles. The van der Waals surface area contributed by atoms with Crippen LogP contribution in [0, 0.1) is 0 Å². The Kier molecular flexibility index (Phi) is 3.26. The maximum atomic E-state index is 11.4. The summed E-state index contributed by atoms with van der Waals surface area (Å²) < 4.78 is 24.3. The van der Waals surface area contributed by atoms with Crippen molar-refractivity contribution in [1.29, 1.82) is 0 Å². The molecule has 1 heterocycles. The van der Waals surface area contributed by atoms with Gasteiger partial charge in [-0.1, -0.05) is 6.07 Å². The molecule has 0 radical (unpaired) electrons. The molecule has 17 heavy (non-hydrogen) atoms. The van der Waals surface area contributed by atoms with E-state index in [1.54, 1.807) is 0 Å². The quantitative estimate of drug-likeness (QED) is 0.774. The molecular weight excluding hydrogens is 238 g/mol. The van der Waals surface area contributed by atoms with Gasteiger partial charge in [0.2, 0.25) is 10.0 Å². The molecule has 0 unspecified atom stereocenters. The summed E-state index contributed by atoms with van der Waals surface area (Å²) in [5.41, 5.74) is 7.51. The first kappa shape index (κ1) is 12.2. The number of benzene rings is 1. The lowest BCUT2D eigenvalue weighted by Crippen LogP contribution is -2.48. The van der Waals surface area contributed by atoms with Gasteiger partial charge in [0, 0.05) is 37.6 Å². The van der Waals surface area contributed by atoms with Crippen LogP contribution in [0.2, 0.25) is 0 Å². The first-order valence-electron chi connectivity index (χ1n) is 5.52. The molecule has 0 aliphatic carbocycles. The van der Waals surface area contributed by atoms with Crippen LogP contribution in [0.5, 0.6) is 0 Å². The second-order valence-corrected chi connectivity index (χ2v) is 6.23. The van der Waals surface area contributed by atoms with Gasteiger partial charge in [-0.2, -0.15) is 4.31 Å². The molecule has 6 heteroatoms. The Morgan fingerprint density at radius 2 is 1.82 bits per heavy atom. The van der Waals surface area contributed by atoms with E-state index in [0.717, 1.165) is 11.4 Å². The number of nitrogens with zero attached hydrogens (tertiary/aromatic N) is 2. The predicted octanol–water partition coefficient (Wildman–Crippen LogP) is 0.350. The molecule has 0 spiro atoms. The number of piperazine rings is 1. The third-order valence-corrected chi connectivity index (χ3v) is 4.25. The lowest BCUT2D eigenvalue weighted by Gasteiger charge is -2.34. The summed E-state index contributed by atoms with van der Waals surface area (Å²) in [5, 5.41) is 0. The number of anilines is 2. The second kappa shape index (κ2) is 4.54. The average Bonchev–Trinajstić information content (AvgIpc) is 2.28. The van der Waals surface area contributed by atoms with Gasteiger partial charge in [0.1, 0.15) is 0 Å². The van der Waals surface area contributed by atoms with Gasteiger partial charge in [-0.25, -0.2) is 8.42 Å². The van der Waals surface area contributed by atoms with Gasteiger partial charge < -0.3 is 10.6 Å². The molecule has 2 rings (SSSR count). The van der Waals surface area contributed by atoms with Gasteiger partial charge in [0.05, 0.1) is 6.26 Å². The van der Waals surface area contributed by atoms with Gasteiger partial charge in [-0.3, -0.25) is 0 Å². The van der Waals surface area contributed by atoms with E-state index in [4.69, 9.17) is 5.73 Å². The number of rotatable bonds is 2. The van der Waals surface area contributed by atoms with E-state index in [1.807, 2.05) is 24.3 Å². The minimum Gasteiger partial charge on any atom is -0.399 e. The summed E-state index contributed by atoms with van der Waals surface area (Å²) in [6.45, 7) is 2.48. The number of nitrogens with two attached hydrogens (primary N) is 1. The fourth-order valence-corrected chi connectivity index (χ4v) is 2.83. The summed E-state index contributed by atoms with van der Waals surface area (Å²) in [6, 6.07) is 7.66.